The lowest BCUT2D eigenvalue weighted by molar-refractivity contribution is -0.138. The van der Waals surface area contributed by atoms with E-state index in [0.717, 1.165) is 14.2 Å². The third-order valence-electron chi connectivity index (χ3n) is 0.779. The summed E-state index contributed by atoms with van der Waals surface area (Å²) in [6, 6.07) is 0. The first kappa shape index (κ1) is 8.61. The summed E-state index contributed by atoms with van der Waals surface area (Å²) in [4.78, 5) is 20.7. The molecule has 56 valence electrons. The molecule has 0 aliphatic heterocycles. The molecular weight excluding hydrogens is 138 g/mol. The van der Waals surface area contributed by atoms with E-state index in [9.17, 15) is 9.59 Å². The Morgan fingerprint density at radius 1 is 1.10 bits per heavy atom. The lowest BCUT2D eigenvalue weighted by Crippen LogP contribution is -2.25. The van der Waals surface area contributed by atoms with Gasteiger partial charge in [-0.1, -0.05) is 0 Å². The normalized spacial score (nSPS) is 8.20. The molecule has 0 saturated carbocycles. The molecule has 0 aromatic heterocycles. The first-order valence-corrected chi connectivity index (χ1v) is 2.38. The maximum Gasteiger partial charge on any atom is 0.363 e. The molecular formula is C5H7NO4. The highest BCUT2D eigenvalue weighted by molar-refractivity contribution is 6.61. The van der Waals surface area contributed by atoms with Crippen LogP contribution in [-0.4, -0.2) is 31.9 Å². The van der Waals surface area contributed by atoms with E-state index in [1.54, 1.807) is 0 Å². The Labute approximate surface area is 57.4 Å². The predicted molar refractivity (Wildman–Crippen MR) is 31.8 cm³/mol. The first-order chi connectivity index (χ1) is 4.63. The van der Waals surface area contributed by atoms with Crippen LogP contribution in [-0.2, 0) is 19.1 Å². The van der Waals surface area contributed by atoms with Gasteiger partial charge in [0.2, 0.25) is 5.71 Å². The molecule has 0 aliphatic rings. The smallest absolute Gasteiger partial charge is 0.363 e. The van der Waals surface area contributed by atoms with E-state index in [0.29, 0.717) is 0 Å². The Bertz CT molecular complexity index is 156. The minimum atomic E-state index is -0.994. The molecule has 0 amide bonds. The zero-order valence-electron chi connectivity index (χ0n) is 5.63. The van der Waals surface area contributed by atoms with Crippen molar-refractivity contribution >= 4 is 17.7 Å². The minimum Gasteiger partial charge on any atom is -0.464 e. The molecule has 0 spiro atoms. The molecule has 0 aromatic rings. The molecule has 0 radical (unpaired) electrons. The summed E-state index contributed by atoms with van der Waals surface area (Å²) in [6.45, 7) is 0. The first-order valence-electron chi connectivity index (χ1n) is 2.38. The van der Waals surface area contributed by atoms with Crippen LogP contribution in [0, 0.1) is 5.41 Å². The van der Waals surface area contributed by atoms with Crippen molar-refractivity contribution in [2.24, 2.45) is 0 Å². The number of hydrogen-bond donors (Lipinski definition) is 1. The lowest BCUT2D eigenvalue weighted by atomic mass is 10.4. The summed E-state index contributed by atoms with van der Waals surface area (Å²) in [6.07, 6.45) is 0. The molecule has 0 saturated heterocycles. The van der Waals surface area contributed by atoms with Gasteiger partial charge in [0.25, 0.3) is 0 Å². The third-order valence-corrected chi connectivity index (χ3v) is 0.779. The molecule has 5 nitrogen and oxygen atoms in total. The number of carbonyl (C=O) groups is 2. The van der Waals surface area contributed by atoms with Crippen LogP contribution in [0.2, 0.25) is 0 Å². The van der Waals surface area contributed by atoms with Gasteiger partial charge in [-0.3, -0.25) is 5.41 Å². The van der Waals surface area contributed by atoms with E-state index in [1.165, 1.54) is 0 Å². The number of nitrogens with one attached hydrogen (secondary N) is 1. The van der Waals surface area contributed by atoms with Gasteiger partial charge in [-0.2, -0.15) is 0 Å². The standard InChI is InChI=1S/C5H7NO4/c1-9-4(7)3(6)5(8)10-2/h6H,1-2H3. The number of rotatable bonds is 2. The fraction of sp³-hybridized carbons (Fsp3) is 0.400. The molecule has 0 atom stereocenters. The van der Waals surface area contributed by atoms with Crippen molar-refractivity contribution in [3.05, 3.63) is 0 Å². The molecule has 0 unspecified atom stereocenters. The van der Waals surface area contributed by atoms with Gasteiger partial charge in [-0.25, -0.2) is 9.59 Å². The van der Waals surface area contributed by atoms with Gasteiger partial charge in [-0.15, -0.1) is 0 Å². The highest BCUT2D eigenvalue weighted by atomic mass is 16.5. The van der Waals surface area contributed by atoms with E-state index < -0.39 is 17.7 Å². The fourth-order valence-electron chi connectivity index (χ4n) is 0.287. The largest absolute Gasteiger partial charge is 0.464 e. The van der Waals surface area contributed by atoms with Crippen molar-refractivity contribution < 1.29 is 19.1 Å². The van der Waals surface area contributed by atoms with Crippen LogP contribution in [0.15, 0.2) is 0 Å². The Kier molecular flexibility index (Phi) is 3.10. The zero-order chi connectivity index (χ0) is 8.15. The average molecular weight is 145 g/mol. The molecule has 0 aromatic carbocycles. The highest BCUT2D eigenvalue weighted by Crippen LogP contribution is 1.82. The highest BCUT2D eigenvalue weighted by Gasteiger charge is 2.18. The molecule has 5 heteroatoms. The SMILES string of the molecule is COC(=O)C(=N)C(=O)OC. The molecule has 0 rings (SSSR count). The predicted octanol–water partition coefficient (Wildman–Crippen LogP) is -0.648. The van der Waals surface area contributed by atoms with Gasteiger partial charge in [0.15, 0.2) is 0 Å². The van der Waals surface area contributed by atoms with Gasteiger partial charge >= 0.3 is 11.9 Å². The molecule has 0 fully saturated rings. The van der Waals surface area contributed by atoms with Crippen LogP contribution in [0.3, 0.4) is 0 Å². The van der Waals surface area contributed by atoms with Crippen LogP contribution in [0.1, 0.15) is 0 Å². The third kappa shape index (κ3) is 1.85. The van der Waals surface area contributed by atoms with Crippen molar-refractivity contribution in [3.8, 4) is 0 Å². The summed E-state index contributed by atoms with van der Waals surface area (Å²) in [7, 11) is 2.17. The van der Waals surface area contributed by atoms with Crippen molar-refractivity contribution in [3.63, 3.8) is 0 Å². The number of carbonyl (C=O) groups excluding carboxylic acids is 2. The quantitative estimate of drug-likeness (QED) is 0.318. The van der Waals surface area contributed by atoms with Crippen LogP contribution in [0.4, 0.5) is 0 Å². The van der Waals surface area contributed by atoms with Crippen LogP contribution in [0.5, 0.6) is 0 Å². The Morgan fingerprint density at radius 2 is 1.40 bits per heavy atom. The van der Waals surface area contributed by atoms with Crippen LogP contribution in [0.25, 0.3) is 0 Å². The van der Waals surface area contributed by atoms with E-state index in [-0.39, 0.29) is 0 Å². The summed E-state index contributed by atoms with van der Waals surface area (Å²) in [5.74, 6) is -1.99. The van der Waals surface area contributed by atoms with Gasteiger partial charge in [0.05, 0.1) is 14.2 Å². The maximum atomic E-state index is 10.4. The number of methoxy groups -OCH3 is 2. The Morgan fingerprint density at radius 3 is 1.60 bits per heavy atom. The van der Waals surface area contributed by atoms with Crippen LogP contribution >= 0.6 is 0 Å². The van der Waals surface area contributed by atoms with E-state index >= 15 is 0 Å². The van der Waals surface area contributed by atoms with Gasteiger partial charge in [0.1, 0.15) is 0 Å². The van der Waals surface area contributed by atoms with E-state index in [2.05, 4.69) is 9.47 Å². The zero-order valence-corrected chi connectivity index (χ0v) is 5.63. The van der Waals surface area contributed by atoms with Crippen LogP contribution < -0.4 is 0 Å². The van der Waals surface area contributed by atoms with Gasteiger partial charge < -0.3 is 9.47 Å². The summed E-state index contributed by atoms with van der Waals surface area (Å²) in [5, 5.41) is 6.75. The maximum absolute atomic E-state index is 10.4. The van der Waals surface area contributed by atoms with E-state index in [4.69, 9.17) is 5.41 Å². The second-order valence-electron chi connectivity index (χ2n) is 1.36. The molecule has 1 N–H and O–H groups in total. The Balaban J connectivity index is 4.09. The topological polar surface area (TPSA) is 76.5 Å². The summed E-state index contributed by atoms with van der Waals surface area (Å²) in [5.41, 5.74) is -0.801. The van der Waals surface area contributed by atoms with Crippen molar-refractivity contribution in [2.75, 3.05) is 14.2 Å². The molecule has 0 aliphatic carbocycles. The summed E-state index contributed by atoms with van der Waals surface area (Å²) >= 11 is 0. The average Bonchev–Trinajstić information content (AvgIpc) is 2.00. The van der Waals surface area contributed by atoms with E-state index in [1.807, 2.05) is 0 Å². The van der Waals surface area contributed by atoms with Crippen molar-refractivity contribution in [1.29, 1.82) is 5.41 Å². The minimum absolute atomic E-state index is 0.801. The Hall–Kier alpha value is -1.39. The molecule has 0 bridgehead atoms. The summed E-state index contributed by atoms with van der Waals surface area (Å²) < 4.78 is 8.14. The number of hydrogen-bond acceptors (Lipinski definition) is 5. The molecule has 10 heavy (non-hydrogen) atoms. The lowest BCUT2D eigenvalue weighted by Gasteiger charge is -1.97. The number of ether oxygens (including phenoxy) is 2. The van der Waals surface area contributed by atoms with Gasteiger partial charge in [0, 0.05) is 0 Å². The van der Waals surface area contributed by atoms with Crippen molar-refractivity contribution in [1.82, 2.24) is 0 Å². The molecule has 0 heterocycles. The van der Waals surface area contributed by atoms with Crippen molar-refractivity contribution in [2.45, 2.75) is 0 Å². The second kappa shape index (κ2) is 3.60. The second-order valence-corrected chi connectivity index (χ2v) is 1.36. The number of esters is 2. The van der Waals surface area contributed by atoms with Gasteiger partial charge in [-0.05, 0) is 0 Å². The fourth-order valence-corrected chi connectivity index (χ4v) is 0.287. The monoisotopic (exact) mass is 145 g/mol.